The standard InChI is InChI=1S/C24H21N5O4S/c1-3-33-23(32)20-14-26-29(15(20)2)19-10-6-17(7-11-19)21(30)27-18-8-4-16(5-9-18)22(31)28-24-25-12-13-34-24/h4-14H,3H2,1-2H3,(H,27,30)(H,25,28,31). The quantitative estimate of drug-likeness (QED) is 0.385. The lowest BCUT2D eigenvalue weighted by Crippen LogP contribution is -2.14. The summed E-state index contributed by atoms with van der Waals surface area (Å²) in [4.78, 5) is 40.9. The number of carbonyl (C=O) groups is 3. The fourth-order valence-corrected chi connectivity index (χ4v) is 3.72. The molecule has 34 heavy (non-hydrogen) atoms. The minimum absolute atomic E-state index is 0.275. The number of esters is 1. The third-order valence-corrected chi connectivity index (χ3v) is 5.63. The molecule has 0 aliphatic carbocycles. The molecular formula is C24H21N5O4S. The maximum Gasteiger partial charge on any atom is 0.341 e. The first kappa shape index (κ1) is 22.9. The molecule has 9 nitrogen and oxygen atoms in total. The second-order valence-electron chi connectivity index (χ2n) is 7.15. The Kier molecular flexibility index (Phi) is 6.79. The van der Waals surface area contributed by atoms with Crippen LogP contribution < -0.4 is 10.6 Å². The molecule has 0 saturated carbocycles. The van der Waals surface area contributed by atoms with Gasteiger partial charge in [0.25, 0.3) is 11.8 Å². The highest BCUT2D eigenvalue weighted by atomic mass is 32.1. The number of ether oxygens (including phenoxy) is 1. The molecule has 172 valence electrons. The molecular weight excluding hydrogens is 454 g/mol. The molecule has 0 fully saturated rings. The summed E-state index contributed by atoms with van der Waals surface area (Å²) in [6, 6.07) is 13.4. The number of amides is 2. The van der Waals surface area contributed by atoms with Gasteiger partial charge in [-0.3, -0.25) is 14.9 Å². The van der Waals surface area contributed by atoms with Gasteiger partial charge in [-0.1, -0.05) is 0 Å². The van der Waals surface area contributed by atoms with Gasteiger partial charge >= 0.3 is 5.97 Å². The van der Waals surface area contributed by atoms with Crippen molar-refractivity contribution in [2.75, 3.05) is 17.2 Å². The Balaban J connectivity index is 1.40. The fourth-order valence-electron chi connectivity index (χ4n) is 3.20. The van der Waals surface area contributed by atoms with Gasteiger partial charge in [-0.05, 0) is 62.4 Å². The SMILES string of the molecule is CCOC(=O)c1cnn(-c2ccc(C(=O)Nc3ccc(C(=O)Nc4nccs4)cc3)cc2)c1C. The van der Waals surface area contributed by atoms with Gasteiger partial charge < -0.3 is 10.1 Å². The van der Waals surface area contributed by atoms with E-state index in [2.05, 4.69) is 20.7 Å². The molecule has 10 heteroatoms. The van der Waals surface area contributed by atoms with Crippen molar-refractivity contribution >= 4 is 39.9 Å². The number of aromatic nitrogens is 3. The highest BCUT2D eigenvalue weighted by Gasteiger charge is 2.16. The van der Waals surface area contributed by atoms with E-state index < -0.39 is 5.97 Å². The normalized spacial score (nSPS) is 10.5. The van der Waals surface area contributed by atoms with Crippen molar-refractivity contribution < 1.29 is 19.1 Å². The predicted octanol–water partition coefficient (Wildman–Crippen LogP) is 4.32. The molecule has 0 spiro atoms. The van der Waals surface area contributed by atoms with E-state index in [0.717, 1.165) is 0 Å². The number of anilines is 2. The molecule has 2 aromatic heterocycles. The third kappa shape index (κ3) is 5.02. The monoisotopic (exact) mass is 475 g/mol. The Labute approximate surface area is 199 Å². The van der Waals surface area contributed by atoms with Crippen LogP contribution in [0.3, 0.4) is 0 Å². The Hall–Kier alpha value is -4.31. The van der Waals surface area contributed by atoms with Crippen molar-refractivity contribution in [2.45, 2.75) is 13.8 Å². The van der Waals surface area contributed by atoms with Gasteiger partial charge in [-0.15, -0.1) is 11.3 Å². The van der Waals surface area contributed by atoms with Crippen LogP contribution in [0, 0.1) is 6.92 Å². The lowest BCUT2D eigenvalue weighted by atomic mass is 10.1. The van der Waals surface area contributed by atoms with Gasteiger partial charge in [0.1, 0.15) is 5.56 Å². The first-order valence-electron chi connectivity index (χ1n) is 10.4. The summed E-state index contributed by atoms with van der Waals surface area (Å²) in [6.07, 6.45) is 3.08. The molecule has 2 aromatic carbocycles. The average Bonchev–Trinajstić information content (AvgIpc) is 3.49. The summed E-state index contributed by atoms with van der Waals surface area (Å²) in [5.41, 5.74) is 3.21. The summed E-state index contributed by atoms with van der Waals surface area (Å²) in [5, 5.41) is 12.1. The number of rotatable bonds is 7. The van der Waals surface area contributed by atoms with Gasteiger partial charge in [-0.25, -0.2) is 14.5 Å². The lowest BCUT2D eigenvalue weighted by Gasteiger charge is -2.09. The number of nitrogens with one attached hydrogen (secondary N) is 2. The minimum atomic E-state index is -0.422. The molecule has 4 aromatic rings. The van der Waals surface area contributed by atoms with E-state index in [9.17, 15) is 14.4 Å². The fraction of sp³-hybridized carbons (Fsp3) is 0.125. The van der Waals surface area contributed by atoms with Crippen LogP contribution >= 0.6 is 11.3 Å². The van der Waals surface area contributed by atoms with Crippen molar-refractivity contribution in [3.05, 3.63) is 88.7 Å². The minimum Gasteiger partial charge on any atom is -0.462 e. The van der Waals surface area contributed by atoms with E-state index >= 15 is 0 Å². The zero-order valence-electron chi connectivity index (χ0n) is 18.4. The van der Waals surface area contributed by atoms with Crippen molar-refractivity contribution in [1.29, 1.82) is 0 Å². The summed E-state index contributed by atoms with van der Waals surface area (Å²) < 4.78 is 6.65. The van der Waals surface area contributed by atoms with Gasteiger partial charge in [0.2, 0.25) is 0 Å². The van der Waals surface area contributed by atoms with Crippen molar-refractivity contribution in [1.82, 2.24) is 14.8 Å². The second-order valence-corrected chi connectivity index (χ2v) is 8.04. The number of benzene rings is 2. The topological polar surface area (TPSA) is 115 Å². The molecule has 0 unspecified atom stereocenters. The molecule has 2 amide bonds. The molecule has 2 N–H and O–H groups in total. The summed E-state index contributed by atoms with van der Waals surface area (Å²) in [7, 11) is 0. The predicted molar refractivity (Wildman–Crippen MR) is 129 cm³/mol. The van der Waals surface area contributed by atoms with Crippen molar-refractivity contribution in [3.8, 4) is 5.69 Å². The van der Waals surface area contributed by atoms with Crippen LogP contribution in [0.15, 0.2) is 66.3 Å². The number of nitrogens with zero attached hydrogens (tertiary/aromatic N) is 3. The second kappa shape index (κ2) is 10.1. The van der Waals surface area contributed by atoms with Gasteiger partial charge in [0.15, 0.2) is 5.13 Å². The van der Waals surface area contributed by atoms with Crippen LogP contribution in [-0.4, -0.2) is 39.2 Å². The van der Waals surface area contributed by atoms with E-state index in [1.165, 1.54) is 17.5 Å². The molecule has 4 rings (SSSR count). The number of hydrogen-bond acceptors (Lipinski definition) is 7. The lowest BCUT2D eigenvalue weighted by molar-refractivity contribution is 0.0525. The Morgan fingerprint density at radius 3 is 2.24 bits per heavy atom. The van der Waals surface area contributed by atoms with Gasteiger partial charge in [0.05, 0.1) is 24.2 Å². The van der Waals surface area contributed by atoms with E-state index in [1.807, 2.05) is 0 Å². The van der Waals surface area contributed by atoms with Gasteiger partial charge in [0, 0.05) is 28.4 Å². The summed E-state index contributed by atoms with van der Waals surface area (Å²) in [6.45, 7) is 3.81. The largest absolute Gasteiger partial charge is 0.462 e. The molecule has 0 bridgehead atoms. The zero-order valence-corrected chi connectivity index (χ0v) is 19.3. The molecule has 0 aliphatic heterocycles. The van der Waals surface area contributed by atoms with Crippen LogP contribution in [0.25, 0.3) is 5.69 Å². The summed E-state index contributed by atoms with van der Waals surface area (Å²) >= 11 is 1.33. The smallest absolute Gasteiger partial charge is 0.341 e. The van der Waals surface area contributed by atoms with Gasteiger partial charge in [-0.2, -0.15) is 5.10 Å². The van der Waals surface area contributed by atoms with Crippen LogP contribution in [0.5, 0.6) is 0 Å². The Morgan fingerprint density at radius 2 is 1.62 bits per heavy atom. The first-order valence-corrected chi connectivity index (χ1v) is 11.3. The van der Waals surface area contributed by atoms with Crippen LogP contribution in [0.4, 0.5) is 10.8 Å². The Morgan fingerprint density at radius 1 is 0.971 bits per heavy atom. The van der Waals surface area contributed by atoms with E-state index in [0.29, 0.717) is 38.9 Å². The maximum absolute atomic E-state index is 12.6. The number of thiazole rings is 1. The third-order valence-electron chi connectivity index (χ3n) is 4.94. The first-order chi connectivity index (χ1) is 16.5. The van der Waals surface area contributed by atoms with Crippen molar-refractivity contribution in [3.63, 3.8) is 0 Å². The molecule has 0 saturated heterocycles. The molecule has 0 radical (unpaired) electrons. The van der Waals surface area contributed by atoms with Crippen LogP contribution in [0.1, 0.15) is 43.7 Å². The molecule has 0 aliphatic rings. The Bertz CT molecular complexity index is 1310. The molecule has 0 atom stereocenters. The zero-order chi connectivity index (χ0) is 24.1. The maximum atomic E-state index is 12.6. The van der Waals surface area contributed by atoms with Crippen molar-refractivity contribution in [2.24, 2.45) is 0 Å². The van der Waals surface area contributed by atoms with Crippen LogP contribution in [-0.2, 0) is 4.74 Å². The number of hydrogen-bond donors (Lipinski definition) is 2. The summed E-state index contributed by atoms with van der Waals surface area (Å²) in [5.74, 6) is -0.992. The molecule has 2 heterocycles. The van der Waals surface area contributed by atoms with Crippen LogP contribution in [0.2, 0.25) is 0 Å². The van der Waals surface area contributed by atoms with E-state index in [4.69, 9.17) is 4.74 Å². The highest BCUT2D eigenvalue weighted by molar-refractivity contribution is 7.13. The highest BCUT2D eigenvalue weighted by Crippen LogP contribution is 2.18. The van der Waals surface area contributed by atoms with E-state index in [-0.39, 0.29) is 18.4 Å². The average molecular weight is 476 g/mol. The van der Waals surface area contributed by atoms with E-state index in [1.54, 1.807) is 78.6 Å². The number of carbonyl (C=O) groups excluding carboxylic acids is 3.